The first kappa shape index (κ1) is 30.9. The molecule has 0 radical (unpaired) electrons. The third kappa shape index (κ3) is 7.22. The third-order valence-corrected chi connectivity index (χ3v) is 11.3. The van der Waals surface area contributed by atoms with E-state index in [2.05, 4.69) is 23.9 Å². The summed E-state index contributed by atoms with van der Waals surface area (Å²) in [5, 5.41) is 13.7. The summed E-state index contributed by atoms with van der Waals surface area (Å²) in [6, 6.07) is 13.4. The van der Waals surface area contributed by atoms with Gasteiger partial charge < -0.3 is 19.9 Å². The van der Waals surface area contributed by atoms with E-state index in [1.807, 2.05) is 12.1 Å². The Morgan fingerprint density at radius 2 is 1.80 bits per heavy atom. The van der Waals surface area contributed by atoms with Gasteiger partial charge >= 0.3 is 0 Å². The van der Waals surface area contributed by atoms with E-state index in [0.29, 0.717) is 49.1 Å². The molecule has 12 heteroatoms. The molecule has 2 heterocycles. The number of nitrogens with one attached hydrogen (secondary N) is 2. The Labute approximate surface area is 238 Å². The number of nitrogens with zero attached hydrogens (tertiary/aromatic N) is 1. The van der Waals surface area contributed by atoms with Crippen molar-refractivity contribution in [2.45, 2.75) is 73.0 Å². The van der Waals surface area contributed by atoms with Crippen molar-refractivity contribution < 1.29 is 31.4 Å². The monoisotopic (exact) mass is 595 g/mol. The van der Waals surface area contributed by atoms with E-state index in [1.165, 1.54) is 19.2 Å². The minimum absolute atomic E-state index is 0.0000694. The molecular formula is C28H41N3O7S2. The second-order valence-corrected chi connectivity index (χ2v) is 14.6. The number of piperidine rings is 1. The van der Waals surface area contributed by atoms with E-state index in [0.717, 1.165) is 18.4 Å². The molecule has 3 unspecified atom stereocenters. The lowest BCUT2D eigenvalue weighted by Crippen LogP contribution is -2.47. The lowest BCUT2D eigenvalue weighted by Gasteiger charge is -2.38. The van der Waals surface area contributed by atoms with E-state index in [9.17, 15) is 21.9 Å². The quantitative estimate of drug-likeness (QED) is 0.341. The Hall–Kier alpha value is -2.06. The first-order valence-electron chi connectivity index (χ1n) is 13.8. The fourth-order valence-corrected chi connectivity index (χ4v) is 7.42. The van der Waals surface area contributed by atoms with Crippen molar-refractivity contribution in [2.24, 2.45) is 0 Å². The van der Waals surface area contributed by atoms with Gasteiger partial charge in [-0.25, -0.2) is 21.6 Å². The summed E-state index contributed by atoms with van der Waals surface area (Å²) >= 11 is 0. The van der Waals surface area contributed by atoms with Crippen molar-refractivity contribution in [1.82, 2.24) is 14.3 Å². The minimum Gasteiger partial charge on any atom is -0.491 e. The molecule has 222 valence electrons. The van der Waals surface area contributed by atoms with Crippen LogP contribution in [0.5, 0.6) is 5.75 Å². The fourth-order valence-electron chi connectivity index (χ4n) is 5.21. The van der Waals surface area contributed by atoms with Crippen LogP contribution < -0.4 is 14.8 Å². The normalized spacial score (nSPS) is 21.4. The maximum Gasteiger partial charge on any atom is 0.243 e. The second kappa shape index (κ2) is 12.8. The number of hydrogen-bond donors (Lipinski definition) is 3. The van der Waals surface area contributed by atoms with E-state index >= 15 is 0 Å². The molecule has 2 aliphatic heterocycles. The topological polar surface area (TPSA) is 134 Å². The molecule has 2 fully saturated rings. The van der Waals surface area contributed by atoms with E-state index in [4.69, 9.17) is 9.47 Å². The van der Waals surface area contributed by atoms with Crippen molar-refractivity contribution in [3.63, 3.8) is 0 Å². The highest BCUT2D eigenvalue weighted by atomic mass is 32.2. The second-order valence-electron chi connectivity index (χ2n) is 10.7. The first-order chi connectivity index (χ1) is 19.0. The number of aliphatic hydroxyl groups is 1. The van der Waals surface area contributed by atoms with Gasteiger partial charge in [-0.3, -0.25) is 0 Å². The fraction of sp³-hybridized carbons (Fsp3) is 0.571. The molecule has 0 amide bonds. The average molecular weight is 596 g/mol. The van der Waals surface area contributed by atoms with Gasteiger partial charge in [-0.05, 0) is 68.5 Å². The Morgan fingerprint density at radius 1 is 1.10 bits per heavy atom. The molecule has 3 N–H and O–H groups in total. The highest BCUT2D eigenvalue weighted by Gasteiger charge is 2.44. The van der Waals surface area contributed by atoms with E-state index < -0.39 is 26.2 Å². The van der Waals surface area contributed by atoms with Gasteiger partial charge in [0.05, 0.1) is 22.0 Å². The summed E-state index contributed by atoms with van der Waals surface area (Å²) in [5.74, 6) is 0.745. The van der Waals surface area contributed by atoms with Crippen molar-refractivity contribution in [2.75, 3.05) is 39.9 Å². The van der Waals surface area contributed by atoms with Crippen LogP contribution in [0.25, 0.3) is 0 Å². The van der Waals surface area contributed by atoms with Crippen LogP contribution in [0.15, 0.2) is 58.3 Å². The Bertz CT molecular complexity index is 1340. The zero-order valence-electron chi connectivity index (χ0n) is 23.4. The summed E-state index contributed by atoms with van der Waals surface area (Å²) in [4.78, 5) is 0.417. The van der Waals surface area contributed by atoms with Gasteiger partial charge in [0, 0.05) is 31.7 Å². The molecule has 2 aromatic carbocycles. The van der Waals surface area contributed by atoms with Crippen molar-refractivity contribution in [1.29, 1.82) is 0 Å². The lowest BCUT2D eigenvalue weighted by molar-refractivity contribution is -0.0312. The summed E-state index contributed by atoms with van der Waals surface area (Å²) in [6.07, 6.45) is 2.17. The molecule has 0 aromatic heterocycles. The van der Waals surface area contributed by atoms with Crippen LogP contribution >= 0.6 is 0 Å². The minimum atomic E-state index is -3.58. The summed E-state index contributed by atoms with van der Waals surface area (Å²) < 4.78 is 66.0. The van der Waals surface area contributed by atoms with Gasteiger partial charge in [0.15, 0.2) is 0 Å². The molecule has 4 rings (SSSR count). The summed E-state index contributed by atoms with van der Waals surface area (Å²) in [5.41, 5.74) is 0.771. The van der Waals surface area contributed by atoms with Crippen LogP contribution in [0.1, 0.15) is 51.0 Å². The number of hydrogen-bond acceptors (Lipinski definition) is 8. The lowest BCUT2D eigenvalue weighted by atomic mass is 9.88. The molecule has 10 nitrogen and oxygen atoms in total. The average Bonchev–Trinajstić information content (AvgIpc) is 3.36. The van der Waals surface area contributed by atoms with Crippen molar-refractivity contribution in [3.8, 4) is 5.75 Å². The maximum atomic E-state index is 13.2. The smallest absolute Gasteiger partial charge is 0.243 e. The molecule has 0 bridgehead atoms. The van der Waals surface area contributed by atoms with Gasteiger partial charge in [0.1, 0.15) is 18.5 Å². The largest absolute Gasteiger partial charge is 0.491 e. The van der Waals surface area contributed by atoms with Gasteiger partial charge in [-0.1, -0.05) is 32.0 Å². The van der Waals surface area contributed by atoms with Crippen LogP contribution in [0.3, 0.4) is 0 Å². The number of sulfonamides is 2. The van der Waals surface area contributed by atoms with E-state index in [-0.39, 0.29) is 29.7 Å². The third-order valence-electron chi connectivity index (χ3n) is 8.01. The van der Waals surface area contributed by atoms with Crippen LogP contribution in [-0.2, 0) is 24.8 Å². The van der Waals surface area contributed by atoms with Gasteiger partial charge in [0.2, 0.25) is 20.0 Å². The highest BCUT2D eigenvalue weighted by molar-refractivity contribution is 7.89. The van der Waals surface area contributed by atoms with Crippen LogP contribution in [0.2, 0.25) is 0 Å². The zero-order valence-corrected chi connectivity index (χ0v) is 25.0. The van der Waals surface area contributed by atoms with E-state index in [1.54, 1.807) is 28.6 Å². The standard InChI is InChI=1S/C28H41N3O7S2/c1-4-21(2)22-8-10-26(11-9-22)40(35,36)31-14-12-28(13-15-31)17-23(19-38-28)30-18-24(32)20-37-25-6-5-7-27(16-25)39(33,34)29-3/h5-11,16,21,23-24,29-30,32H,4,12-15,17-20H2,1-3H3. The predicted molar refractivity (Wildman–Crippen MR) is 152 cm³/mol. The van der Waals surface area contributed by atoms with Gasteiger partial charge in [0.25, 0.3) is 0 Å². The molecule has 1 spiro atoms. The zero-order chi connectivity index (χ0) is 29.0. The van der Waals surface area contributed by atoms with Gasteiger partial charge in [-0.15, -0.1) is 0 Å². The van der Waals surface area contributed by atoms with Gasteiger partial charge in [-0.2, -0.15) is 4.31 Å². The SMILES string of the molecule is CCC(C)c1ccc(S(=O)(=O)N2CCC3(CC2)CC(NCC(O)COc2cccc(S(=O)(=O)NC)c2)CO3)cc1. The molecule has 0 aliphatic carbocycles. The van der Waals surface area contributed by atoms with Crippen LogP contribution in [0, 0.1) is 0 Å². The molecule has 2 aromatic rings. The number of rotatable bonds is 12. The van der Waals surface area contributed by atoms with Crippen molar-refractivity contribution in [3.05, 3.63) is 54.1 Å². The first-order valence-corrected chi connectivity index (χ1v) is 16.7. The van der Waals surface area contributed by atoms with Crippen LogP contribution in [-0.4, -0.2) is 83.9 Å². The molecule has 0 saturated carbocycles. The molecule has 3 atom stereocenters. The predicted octanol–water partition coefficient (Wildman–Crippen LogP) is 2.45. The number of ether oxygens (including phenoxy) is 2. The Kier molecular flexibility index (Phi) is 9.92. The Morgan fingerprint density at radius 3 is 2.45 bits per heavy atom. The van der Waals surface area contributed by atoms with Crippen LogP contribution in [0.4, 0.5) is 0 Å². The Balaban J connectivity index is 1.23. The molecule has 40 heavy (non-hydrogen) atoms. The summed E-state index contributed by atoms with van der Waals surface area (Å²) in [6.45, 7) is 5.83. The number of aliphatic hydroxyl groups excluding tert-OH is 1. The highest BCUT2D eigenvalue weighted by Crippen LogP contribution is 2.37. The van der Waals surface area contributed by atoms with Crippen molar-refractivity contribution >= 4 is 20.0 Å². The number of benzene rings is 2. The molecular weight excluding hydrogens is 554 g/mol. The maximum absolute atomic E-state index is 13.2. The summed E-state index contributed by atoms with van der Waals surface area (Å²) in [7, 11) is -5.80. The molecule has 2 saturated heterocycles. The molecule has 2 aliphatic rings.